The van der Waals surface area contributed by atoms with E-state index in [9.17, 15) is 8.42 Å². The van der Waals surface area contributed by atoms with Gasteiger partial charge in [-0.2, -0.15) is 8.42 Å². The molecule has 112 valence electrons. The fraction of sp³-hybridized carbons (Fsp3) is 0.333. The highest BCUT2D eigenvalue weighted by Gasteiger charge is 1.84. The molecule has 0 aliphatic carbocycles. The van der Waals surface area contributed by atoms with E-state index >= 15 is 0 Å². The van der Waals surface area contributed by atoms with Gasteiger partial charge in [0.15, 0.2) is 0 Å². The third-order valence-corrected chi connectivity index (χ3v) is 1.15. The lowest BCUT2D eigenvalue weighted by Crippen LogP contribution is -2.07. The smallest absolute Gasteiger partial charge is 0.385 e. The van der Waals surface area contributed by atoms with Crippen LogP contribution < -0.4 is 10.5 Å². The average Bonchev–Trinajstić information content (AvgIpc) is 2.14. The summed E-state index contributed by atoms with van der Waals surface area (Å²) >= 11 is 0. The highest BCUT2D eigenvalue weighted by Crippen LogP contribution is 2.02. The van der Waals surface area contributed by atoms with Crippen molar-refractivity contribution >= 4 is 26.1 Å². The van der Waals surface area contributed by atoms with Crippen LogP contribution in [-0.4, -0.2) is 38.7 Å². The summed E-state index contributed by atoms with van der Waals surface area (Å²) in [6.07, 6.45) is 0.938. The Morgan fingerprint density at radius 3 is 1.68 bits per heavy atom. The summed E-state index contributed by atoms with van der Waals surface area (Å²) in [5.41, 5.74) is 1.19. The molecule has 1 aromatic rings. The summed E-state index contributed by atoms with van der Waals surface area (Å²) in [6.45, 7) is 3.08. The fourth-order valence-corrected chi connectivity index (χ4v) is 0.760. The average molecular weight is 314 g/mol. The van der Waals surface area contributed by atoms with Crippen LogP contribution in [0.3, 0.4) is 0 Å². The van der Waals surface area contributed by atoms with Crippen LogP contribution >= 0.6 is 0 Å². The topological polar surface area (TPSA) is 147 Å². The first-order valence-corrected chi connectivity index (χ1v) is 8.25. The third-order valence-electron chi connectivity index (χ3n) is 1.15. The molecule has 0 spiro atoms. The normalized spacial score (nSPS) is 10.4. The van der Waals surface area contributed by atoms with E-state index in [1.165, 1.54) is 5.69 Å². The van der Waals surface area contributed by atoms with Gasteiger partial charge in [0, 0.05) is 12.2 Å². The molecule has 0 saturated carbocycles. The van der Waals surface area contributed by atoms with Gasteiger partial charge >= 0.3 is 10.4 Å². The zero-order valence-corrected chi connectivity index (χ0v) is 12.1. The number of nitrogens with two attached hydrogens (primary N) is 1. The van der Waals surface area contributed by atoms with E-state index in [1.807, 2.05) is 18.2 Å². The van der Waals surface area contributed by atoms with Crippen LogP contribution in [0, 0.1) is 0 Å². The predicted octanol–water partition coefficient (Wildman–Crippen LogP) is 0.370. The molecule has 1 aromatic carbocycles. The zero-order valence-electron chi connectivity index (χ0n) is 10.5. The Kier molecular flexibility index (Phi) is 10.3. The molecule has 0 bridgehead atoms. The van der Waals surface area contributed by atoms with Crippen molar-refractivity contribution in [3.8, 4) is 0 Å². The Hall–Kier alpha value is -1.20. The van der Waals surface area contributed by atoms with Crippen molar-refractivity contribution in [2.75, 3.05) is 18.1 Å². The van der Waals surface area contributed by atoms with Crippen molar-refractivity contribution < 1.29 is 25.9 Å². The first-order valence-electron chi connectivity index (χ1n) is 4.90. The lowest BCUT2D eigenvalue weighted by atomic mass is 10.3. The van der Waals surface area contributed by atoms with Crippen molar-refractivity contribution in [1.82, 2.24) is 0 Å². The van der Waals surface area contributed by atoms with Gasteiger partial charge in [-0.25, -0.2) is 13.6 Å². The number of rotatable bonds is 2. The summed E-state index contributed by atoms with van der Waals surface area (Å²) < 4.78 is 50.4. The number of sulfonamides is 1. The molecule has 0 saturated heterocycles. The van der Waals surface area contributed by atoms with E-state index in [0.717, 1.165) is 12.8 Å². The molecule has 0 fully saturated rings. The van der Waals surface area contributed by atoms with Gasteiger partial charge in [-0.1, -0.05) is 18.2 Å². The number of para-hydroxylation sites is 1. The number of benzene rings is 1. The number of primary sulfonamides is 1. The van der Waals surface area contributed by atoms with E-state index in [2.05, 4.69) is 29.5 Å². The van der Waals surface area contributed by atoms with Gasteiger partial charge in [0.25, 0.3) is 0 Å². The minimum Gasteiger partial charge on any atom is -0.385 e. The number of nitrogens with one attached hydrogen (secondary N) is 1. The molecular weight excluding hydrogens is 296 g/mol. The molecule has 19 heavy (non-hydrogen) atoms. The molecule has 0 aliphatic rings. The van der Waals surface area contributed by atoms with E-state index in [-0.39, 0.29) is 0 Å². The van der Waals surface area contributed by atoms with Gasteiger partial charge in [0.2, 0.25) is 10.0 Å². The second-order valence-electron chi connectivity index (χ2n) is 3.17. The van der Waals surface area contributed by atoms with E-state index in [4.69, 9.17) is 17.5 Å². The minimum absolute atomic E-state index is 0.938. The van der Waals surface area contributed by atoms with Gasteiger partial charge < -0.3 is 5.32 Å². The Morgan fingerprint density at radius 2 is 1.42 bits per heavy atom. The van der Waals surface area contributed by atoms with Crippen LogP contribution in [-0.2, 0) is 20.4 Å². The van der Waals surface area contributed by atoms with Gasteiger partial charge in [0.05, 0.1) is 6.26 Å². The summed E-state index contributed by atoms with van der Waals surface area (Å²) in [6, 6.07) is 10.2. The monoisotopic (exact) mass is 314 g/mol. The molecular formula is C9H18N2O6S2. The molecule has 0 aromatic heterocycles. The Bertz CT molecular complexity index is 481. The summed E-state index contributed by atoms with van der Waals surface area (Å²) in [7, 11) is -7.83. The first kappa shape index (κ1) is 20.1. The maximum absolute atomic E-state index is 9.41. The van der Waals surface area contributed by atoms with Crippen LogP contribution in [0.4, 0.5) is 5.69 Å². The number of hydrogen-bond donors (Lipinski definition) is 4. The molecule has 0 radical (unpaired) electrons. The fourth-order valence-electron chi connectivity index (χ4n) is 0.760. The summed E-state index contributed by atoms with van der Waals surface area (Å²) in [5, 5.41) is 7.53. The lowest BCUT2D eigenvalue weighted by molar-refractivity contribution is 0.381. The zero-order chi connectivity index (χ0) is 15.5. The van der Waals surface area contributed by atoms with Crippen LogP contribution in [0.5, 0.6) is 0 Å². The van der Waals surface area contributed by atoms with Crippen LogP contribution in [0.15, 0.2) is 30.3 Å². The van der Waals surface area contributed by atoms with Crippen molar-refractivity contribution in [2.45, 2.75) is 6.92 Å². The Morgan fingerprint density at radius 1 is 1.11 bits per heavy atom. The highest BCUT2D eigenvalue weighted by molar-refractivity contribution is 7.88. The van der Waals surface area contributed by atoms with Crippen LogP contribution in [0.2, 0.25) is 0 Å². The number of anilines is 1. The third kappa shape index (κ3) is 38.3. The van der Waals surface area contributed by atoms with Gasteiger partial charge in [-0.15, -0.1) is 0 Å². The van der Waals surface area contributed by atoms with Gasteiger partial charge in [-0.3, -0.25) is 9.11 Å². The quantitative estimate of drug-likeness (QED) is 0.576. The summed E-state index contributed by atoms with van der Waals surface area (Å²) in [5.74, 6) is 0. The van der Waals surface area contributed by atoms with E-state index in [1.54, 1.807) is 0 Å². The SMILES string of the molecule is CCNc1ccccc1.CS(N)(=O)=O.O=S(=O)(O)O. The van der Waals surface area contributed by atoms with Crippen LogP contribution in [0.1, 0.15) is 6.92 Å². The Labute approximate surface area is 113 Å². The Balaban J connectivity index is 0. The van der Waals surface area contributed by atoms with Crippen LogP contribution in [0.25, 0.3) is 0 Å². The largest absolute Gasteiger partial charge is 0.394 e. The molecule has 1 rings (SSSR count). The summed E-state index contributed by atoms with van der Waals surface area (Å²) in [4.78, 5) is 0. The van der Waals surface area contributed by atoms with Crippen molar-refractivity contribution in [2.24, 2.45) is 5.14 Å². The molecule has 0 aliphatic heterocycles. The number of hydrogen-bond acceptors (Lipinski definition) is 5. The second kappa shape index (κ2) is 9.69. The molecule has 8 nitrogen and oxygen atoms in total. The molecule has 0 unspecified atom stereocenters. The predicted molar refractivity (Wildman–Crippen MR) is 73.8 cm³/mol. The molecule has 5 N–H and O–H groups in total. The van der Waals surface area contributed by atoms with Crippen molar-refractivity contribution in [1.29, 1.82) is 0 Å². The first-order chi connectivity index (χ1) is 8.43. The van der Waals surface area contributed by atoms with Gasteiger partial charge in [0.1, 0.15) is 0 Å². The molecule has 0 heterocycles. The second-order valence-corrected chi connectivity index (χ2v) is 5.73. The van der Waals surface area contributed by atoms with Crippen molar-refractivity contribution in [3.05, 3.63) is 30.3 Å². The van der Waals surface area contributed by atoms with Gasteiger partial charge in [-0.05, 0) is 19.1 Å². The lowest BCUT2D eigenvalue weighted by Gasteiger charge is -1.99. The van der Waals surface area contributed by atoms with Crippen molar-refractivity contribution in [3.63, 3.8) is 0 Å². The standard InChI is InChI=1S/C8H11N.CH5NO2S.H2O4S/c1-2-9-8-6-4-3-5-7-8;2*1-5(2,3)4/h3-7,9H,2H2,1H3;1H3,(H2,2,3,4);(H2,1,2,3,4). The van der Waals surface area contributed by atoms with E-state index in [0.29, 0.717) is 0 Å². The highest BCUT2D eigenvalue weighted by atomic mass is 32.3. The maximum Gasteiger partial charge on any atom is 0.394 e. The minimum atomic E-state index is -4.67. The maximum atomic E-state index is 9.41. The molecule has 10 heteroatoms. The van der Waals surface area contributed by atoms with E-state index < -0.39 is 20.4 Å². The molecule has 0 atom stereocenters. The molecule has 0 amide bonds.